The highest BCUT2D eigenvalue weighted by Gasteiger charge is 2.17. The van der Waals surface area contributed by atoms with E-state index in [1.807, 2.05) is 6.08 Å². The number of allylic oxidation sites excluding steroid dienone is 3. The van der Waals surface area contributed by atoms with Gasteiger partial charge in [0.15, 0.2) is 0 Å². The molecule has 0 saturated heterocycles. The highest BCUT2D eigenvalue weighted by atomic mass is 16.3. The number of aliphatic hydroxyl groups is 2. The number of carbonyl (C=O) groups excluding carboxylic acids is 1. The maximum atomic E-state index is 12.2. The number of unbranched alkanes of at least 4 members (excludes halogenated alkanes) is 20. The second-order valence-electron chi connectivity index (χ2n) is 11.2. The van der Waals surface area contributed by atoms with Crippen molar-refractivity contribution in [2.75, 3.05) is 6.61 Å². The molecule has 2 atom stereocenters. The van der Waals surface area contributed by atoms with E-state index in [0.29, 0.717) is 6.42 Å². The van der Waals surface area contributed by atoms with E-state index in [0.717, 1.165) is 25.7 Å². The first-order chi connectivity index (χ1) is 18.7. The topological polar surface area (TPSA) is 69.6 Å². The van der Waals surface area contributed by atoms with Crippen LogP contribution in [-0.2, 0) is 4.79 Å². The van der Waals surface area contributed by atoms with Crippen LogP contribution < -0.4 is 5.32 Å². The molecule has 38 heavy (non-hydrogen) atoms. The van der Waals surface area contributed by atoms with Gasteiger partial charge in [-0.05, 0) is 44.9 Å². The predicted molar refractivity (Wildman–Crippen MR) is 165 cm³/mol. The molecule has 4 heteroatoms. The van der Waals surface area contributed by atoms with Gasteiger partial charge >= 0.3 is 0 Å². The highest BCUT2D eigenvalue weighted by molar-refractivity contribution is 5.76. The van der Waals surface area contributed by atoms with Crippen molar-refractivity contribution in [1.82, 2.24) is 5.32 Å². The maximum absolute atomic E-state index is 12.2. The quantitative estimate of drug-likeness (QED) is 0.0660. The zero-order valence-corrected chi connectivity index (χ0v) is 25.4. The van der Waals surface area contributed by atoms with Crippen LogP contribution in [0.2, 0.25) is 0 Å². The van der Waals surface area contributed by atoms with E-state index in [2.05, 4.69) is 31.3 Å². The van der Waals surface area contributed by atoms with Gasteiger partial charge in [-0.3, -0.25) is 4.79 Å². The molecule has 3 N–H and O–H groups in total. The molecule has 224 valence electrons. The third kappa shape index (κ3) is 26.5. The van der Waals surface area contributed by atoms with E-state index in [-0.39, 0.29) is 12.5 Å². The number of aliphatic hydroxyl groups excluding tert-OH is 2. The minimum atomic E-state index is -0.835. The van der Waals surface area contributed by atoms with E-state index >= 15 is 0 Å². The lowest BCUT2D eigenvalue weighted by Crippen LogP contribution is -2.45. The summed E-state index contributed by atoms with van der Waals surface area (Å²) in [6.07, 6.45) is 36.8. The molecule has 0 rings (SSSR count). The van der Waals surface area contributed by atoms with Crippen molar-refractivity contribution in [3.63, 3.8) is 0 Å². The minimum Gasteiger partial charge on any atom is -0.394 e. The van der Waals surface area contributed by atoms with Crippen LogP contribution in [0, 0.1) is 0 Å². The predicted octanol–water partition coefficient (Wildman–Crippen LogP) is 9.34. The molecule has 0 spiro atoms. The fourth-order valence-electron chi connectivity index (χ4n) is 4.82. The van der Waals surface area contributed by atoms with Crippen molar-refractivity contribution in [3.05, 3.63) is 24.3 Å². The summed E-state index contributed by atoms with van der Waals surface area (Å²) in [5.41, 5.74) is 0. The zero-order valence-electron chi connectivity index (χ0n) is 25.4. The number of hydrogen-bond acceptors (Lipinski definition) is 3. The van der Waals surface area contributed by atoms with E-state index in [4.69, 9.17) is 0 Å². The first-order valence-corrected chi connectivity index (χ1v) is 16.6. The Morgan fingerprint density at radius 1 is 0.605 bits per heavy atom. The first-order valence-electron chi connectivity index (χ1n) is 16.6. The molecule has 0 aliphatic carbocycles. The molecule has 0 fully saturated rings. The van der Waals surface area contributed by atoms with Crippen LogP contribution >= 0.6 is 0 Å². The lowest BCUT2D eigenvalue weighted by atomic mass is 10.1. The molecule has 0 saturated carbocycles. The summed E-state index contributed by atoms with van der Waals surface area (Å²) >= 11 is 0. The lowest BCUT2D eigenvalue weighted by Gasteiger charge is -2.20. The molecular weight excluding hydrogens is 470 g/mol. The van der Waals surface area contributed by atoms with Gasteiger partial charge in [0.2, 0.25) is 5.91 Å². The third-order valence-corrected chi connectivity index (χ3v) is 7.43. The average molecular weight is 536 g/mol. The summed E-state index contributed by atoms with van der Waals surface area (Å²) in [6, 6.07) is -0.618. The van der Waals surface area contributed by atoms with Gasteiger partial charge in [0, 0.05) is 6.42 Å². The second-order valence-corrected chi connectivity index (χ2v) is 11.2. The van der Waals surface area contributed by atoms with Crippen molar-refractivity contribution in [3.8, 4) is 0 Å². The maximum Gasteiger partial charge on any atom is 0.220 e. The Morgan fingerprint density at radius 3 is 1.47 bits per heavy atom. The summed E-state index contributed by atoms with van der Waals surface area (Å²) < 4.78 is 0. The summed E-state index contributed by atoms with van der Waals surface area (Å²) in [5.74, 6) is -0.0723. The van der Waals surface area contributed by atoms with Crippen LogP contribution in [0.15, 0.2) is 24.3 Å². The molecular formula is C34H65NO3. The van der Waals surface area contributed by atoms with Crippen molar-refractivity contribution in [2.45, 2.75) is 180 Å². The van der Waals surface area contributed by atoms with Crippen LogP contribution in [-0.4, -0.2) is 34.9 Å². The Labute approximate surface area is 237 Å². The molecule has 4 nitrogen and oxygen atoms in total. The molecule has 1 amide bonds. The Balaban J connectivity index is 3.66. The molecule has 0 aliphatic heterocycles. The van der Waals surface area contributed by atoms with Crippen LogP contribution in [0.3, 0.4) is 0 Å². The molecule has 0 radical (unpaired) electrons. The third-order valence-electron chi connectivity index (χ3n) is 7.43. The van der Waals surface area contributed by atoms with E-state index in [1.165, 1.54) is 122 Å². The largest absolute Gasteiger partial charge is 0.394 e. The van der Waals surface area contributed by atoms with Gasteiger partial charge in [-0.25, -0.2) is 0 Å². The summed E-state index contributed by atoms with van der Waals surface area (Å²) in [6.45, 7) is 4.26. The molecule has 0 bridgehead atoms. The summed E-state index contributed by atoms with van der Waals surface area (Å²) in [4.78, 5) is 12.2. The summed E-state index contributed by atoms with van der Waals surface area (Å²) in [7, 11) is 0. The van der Waals surface area contributed by atoms with Crippen LogP contribution in [0.4, 0.5) is 0 Å². The van der Waals surface area contributed by atoms with Crippen molar-refractivity contribution < 1.29 is 15.0 Å². The Morgan fingerprint density at radius 2 is 1.00 bits per heavy atom. The fourth-order valence-corrected chi connectivity index (χ4v) is 4.82. The molecule has 0 aromatic rings. The SMILES string of the molecule is CCCCCC/C=C\CCCCCCCCCC(=O)NC(CO)C(O)/C=C/CCCCCCCCCCC. The van der Waals surface area contributed by atoms with E-state index in [9.17, 15) is 15.0 Å². The molecule has 2 unspecified atom stereocenters. The summed E-state index contributed by atoms with van der Waals surface area (Å²) in [5, 5.41) is 22.8. The first kappa shape index (κ1) is 36.9. The lowest BCUT2D eigenvalue weighted by molar-refractivity contribution is -0.123. The van der Waals surface area contributed by atoms with Crippen molar-refractivity contribution in [2.24, 2.45) is 0 Å². The van der Waals surface area contributed by atoms with Gasteiger partial charge in [-0.1, -0.05) is 141 Å². The molecule has 0 aromatic heterocycles. The van der Waals surface area contributed by atoms with Gasteiger partial charge in [0.05, 0.1) is 18.8 Å². The van der Waals surface area contributed by atoms with Crippen LogP contribution in [0.25, 0.3) is 0 Å². The van der Waals surface area contributed by atoms with Gasteiger partial charge in [-0.2, -0.15) is 0 Å². The second kappa shape index (κ2) is 30.4. The Bertz CT molecular complexity index is 546. The van der Waals surface area contributed by atoms with Crippen molar-refractivity contribution in [1.29, 1.82) is 0 Å². The number of carbonyl (C=O) groups is 1. The van der Waals surface area contributed by atoms with E-state index < -0.39 is 12.1 Å². The normalized spacial score (nSPS) is 13.5. The minimum absolute atomic E-state index is 0.0723. The monoisotopic (exact) mass is 535 g/mol. The Hall–Kier alpha value is -1.13. The van der Waals surface area contributed by atoms with Crippen LogP contribution in [0.5, 0.6) is 0 Å². The van der Waals surface area contributed by atoms with E-state index in [1.54, 1.807) is 6.08 Å². The number of rotatable bonds is 29. The smallest absolute Gasteiger partial charge is 0.220 e. The number of nitrogens with one attached hydrogen (secondary N) is 1. The Kier molecular flexibility index (Phi) is 29.5. The van der Waals surface area contributed by atoms with Crippen LogP contribution in [0.1, 0.15) is 168 Å². The highest BCUT2D eigenvalue weighted by Crippen LogP contribution is 2.12. The van der Waals surface area contributed by atoms with Gasteiger partial charge in [0.25, 0.3) is 0 Å². The van der Waals surface area contributed by atoms with Gasteiger partial charge < -0.3 is 15.5 Å². The standard InChI is InChI=1S/C34H65NO3/c1-3-5-7-9-11-13-15-16-17-18-20-22-24-26-28-30-34(38)35-32(31-36)33(37)29-27-25-23-21-19-14-12-10-8-6-4-2/h13,15,27,29,32-33,36-37H,3-12,14,16-26,28,30-31H2,1-2H3,(H,35,38)/b15-13-,29-27+. The van der Waals surface area contributed by atoms with Gasteiger partial charge in [0.1, 0.15) is 0 Å². The van der Waals surface area contributed by atoms with Crippen molar-refractivity contribution >= 4 is 5.91 Å². The van der Waals surface area contributed by atoms with Gasteiger partial charge in [-0.15, -0.1) is 0 Å². The molecule has 0 aliphatic rings. The molecule has 0 aromatic carbocycles. The average Bonchev–Trinajstić information content (AvgIpc) is 2.92. The molecule has 0 heterocycles. The number of amides is 1. The fraction of sp³-hybridized carbons (Fsp3) is 0.853. The zero-order chi connectivity index (χ0) is 27.9. The number of hydrogen-bond donors (Lipinski definition) is 3.